The van der Waals surface area contributed by atoms with Crippen LogP contribution in [0.2, 0.25) is 0 Å². The summed E-state index contributed by atoms with van der Waals surface area (Å²) in [7, 11) is 0. The minimum atomic E-state index is -4.87. The van der Waals surface area contributed by atoms with Crippen molar-refractivity contribution < 1.29 is 18.0 Å². The van der Waals surface area contributed by atoms with Gasteiger partial charge < -0.3 is 10.7 Å². The number of para-hydroxylation sites is 1. The molecule has 8 heteroatoms. The summed E-state index contributed by atoms with van der Waals surface area (Å²) in [5, 5.41) is 1.75. The van der Waals surface area contributed by atoms with Crippen LogP contribution in [0.3, 0.4) is 0 Å². The topological polar surface area (TPSA) is 67.2 Å². The maximum Gasteiger partial charge on any atom is 0.471 e. The summed E-state index contributed by atoms with van der Waals surface area (Å²) >= 11 is 0. The largest absolute Gasteiger partial charge is 0.471 e. The zero-order valence-electron chi connectivity index (χ0n) is 8.54. The van der Waals surface area contributed by atoms with Crippen LogP contribution in [0, 0.1) is 0 Å². The lowest BCUT2D eigenvalue weighted by molar-refractivity contribution is -0.173. The monoisotopic (exact) mass is 269 g/mol. The summed E-state index contributed by atoms with van der Waals surface area (Å²) in [6.07, 6.45) is -4.87. The van der Waals surface area contributed by atoms with Gasteiger partial charge in [-0.15, -0.1) is 12.4 Å². The summed E-state index contributed by atoms with van der Waals surface area (Å²) in [5.41, 5.74) is 3.26. The number of anilines is 1. The average Bonchev–Trinajstić information content (AvgIpc) is 2.24. The molecule has 1 rings (SSSR count). The molecule has 0 saturated carbocycles. The second-order valence-electron chi connectivity index (χ2n) is 2.98. The van der Waals surface area contributed by atoms with Gasteiger partial charge in [-0.2, -0.15) is 13.2 Å². The molecule has 0 aromatic heterocycles. The van der Waals surface area contributed by atoms with Gasteiger partial charge in [-0.3, -0.25) is 10.6 Å². The lowest BCUT2D eigenvalue weighted by Crippen LogP contribution is -2.36. The number of hydrogen-bond donors (Lipinski definition) is 3. The number of rotatable bonds is 3. The zero-order valence-corrected chi connectivity index (χ0v) is 9.36. The van der Waals surface area contributed by atoms with Gasteiger partial charge in [0.25, 0.3) is 0 Å². The van der Waals surface area contributed by atoms with E-state index in [-0.39, 0.29) is 19.0 Å². The van der Waals surface area contributed by atoms with Crippen LogP contribution in [0.4, 0.5) is 18.9 Å². The smallest absolute Gasteiger partial charge is 0.344 e. The van der Waals surface area contributed by atoms with E-state index in [1.165, 1.54) is 0 Å². The molecular formula is C9H11ClF3N3O. The molecule has 0 aliphatic heterocycles. The number of amides is 1. The van der Waals surface area contributed by atoms with Crippen LogP contribution < -0.4 is 16.6 Å². The van der Waals surface area contributed by atoms with Crippen molar-refractivity contribution in [2.45, 2.75) is 12.7 Å². The van der Waals surface area contributed by atoms with E-state index in [4.69, 9.17) is 5.84 Å². The van der Waals surface area contributed by atoms with Gasteiger partial charge in [-0.05, 0) is 11.6 Å². The van der Waals surface area contributed by atoms with Crippen molar-refractivity contribution in [2.75, 3.05) is 5.43 Å². The minimum absolute atomic E-state index is 0. The van der Waals surface area contributed by atoms with Crippen molar-refractivity contribution in [3.8, 4) is 0 Å². The van der Waals surface area contributed by atoms with Crippen LogP contribution in [0.5, 0.6) is 0 Å². The molecule has 1 aromatic carbocycles. The van der Waals surface area contributed by atoms with Gasteiger partial charge in [0.05, 0.1) is 5.69 Å². The van der Waals surface area contributed by atoms with Gasteiger partial charge in [-0.25, -0.2) is 0 Å². The number of nitrogens with one attached hydrogen (secondary N) is 2. The van der Waals surface area contributed by atoms with E-state index in [1.54, 1.807) is 29.6 Å². The predicted molar refractivity (Wildman–Crippen MR) is 59.4 cm³/mol. The molecule has 0 aliphatic carbocycles. The first kappa shape index (κ1) is 15.5. The molecule has 0 spiro atoms. The molecule has 96 valence electrons. The molecule has 17 heavy (non-hydrogen) atoms. The number of alkyl halides is 3. The Hall–Kier alpha value is -1.47. The van der Waals surface area contributed by atoms with E-state index in [0.29, 0.717) is 11.3 Å². The van der Waals surface area contributed by atoms with Crippen molar-refractivity contribution in [1.29, 1.82) is 0 Å². The fourth-order valence-electron chi connectivity index (χ4n) is 1.09. The quantitative estimate of drug-likeness (QED) is 0.576. The maximum absolute atomic E-state index is 11.9. The molecule has 0 radical (unpaired) electrons. The summed E-state index contributed by atoms with van der Waals surface area (Å²) in [6.45, 7) is -0.237. The molecule has 0 unspecified atom stereocenters. The maximum atomic E-state index is 11.9. The first-order valence-corrected chi connectivity index (χ1v) is 4.34. The first-order valence-electron chi connectivity index (χ1n) is 4.34. The highest BCUT2D eigenvalue weighted by molar-refractivity contribution is 5.85. The van der Waals surface area contributed by atoms with Gasteiger partial charge in [0, 0.05) is 6.54 Å². The van der Waals surface area contributed by atoms with Gasteiger partial charge in [-0.1, -0.05) is 18.2 Å². The molecule has 1 amide bonds. The summed E-state index contributed by atoms with van der Waals surface area (Å²) < 4.78 is 35.6. The summed E-state index contributed by atoms with van der Waals surface area (Å²) in [4.78, 5) is 10.5. The Kier molecular flexibility index (Phi) is 5.77. The van der Waals surface area contributed by atoms with Gasteiger partial charge >= 0.3 is 12.1 Å². The summed E-state index contributed by atoms with van der Waals surface area (Å²) in [6, 6.07) is 6.46. The predicted octanol–water partition coefficient (Wildman–Crippen LogP) is 1.57. The molecule has 1 aromatic rings. The zero-order chi connectivity index (χ0) is 12.2. The van der Waals surface area contributed by atoms with E-state index >= 15 is 0 Å². The lowest BCUT2D eigenvalue weighted by atomic mass is 10.2. The molecule has 4 N–H and O–H groups in total. The van der Waals surface area contributed by atoms with Crippen molar-refractivity contribution in [3.05, 3.63) is 29.8 Å². The Morgan fingerprint density at radius 1 is 1.29 bits per heavy atom. The molecule has 0 heterocycles. The van der Waals surface area contributed by atoms with E-state index in [0.717, 1.165) is 0 Å². The molecule has 0 bridgehead atoms. The van der Waals surface area contributed by atoms with Crippen molar-refractivity contribution in [2.24, 2.45) is 5.84 Å². The molecule has 0 atom stereocenters. The van der Waals surface area contributed by atoms with Crippen LogP contribution in [-0.4, -0.2) is 12.1 Å². The number of carbonyl (C=O) groups excluding carboxylic acids is 1. The van der Waals surface area contributed by atoms with Gasteiger partial charge in [0.2, 0.25) is 0 Å². The Morgan fingerprint density at radius 2 is 1.88 bits per heavy atom. The molecule has 0 saturated heterocycles. The molecule has 0 fully saturated rings. The van der Waals surface area contributed by atoms with Crippen LogP contribution >= 0.6 is 12.4 Å². The van der Waals surface area contributed by atoms with Crippen molar-refractivity contribution in [1.82, 2.24) is 5.32 Å². The number of nitrogen functional groups attached to an aromatic ring is 1. The number of nitrogens with two attached hydrogens (primary N) is 1. The van der Waals surface area contributed by atoms with Crippen molar-refractivity contribution >= 4 is 24.0 Å². The third-order valence-corrected chi connectivity index (χ3v) is 1.87. The van der Waals surface area contributed by atoms with Crippen LogP contribution in [-0.2, 0) is 11.3 Å². The Balaban J connectivity index is 0.00000256. The highest BCUT2D eigenvalue weighted by atomic mass is 35.5. The normalized spacial score (nSPS) is 10.4. The third kappa shape index (κ3) is 4.49. The van der Waals surface area contributed by atoms with Gasteiger partial charge in [0.1, 0.15) is 0 Å². The van der Waals surface area contributed by atoms with E-state index in [2.05, 4.69) is 5.43 Å². The van der Waals surface area contributed by atoms with Crippen LogP contribution in [0.15, 0.2) is 24.3 Å². The first-order chi connectivity index (χ1) is 7.45. The lowest BCUT2D eigenvalue weighted by Gasteiger charge is -2.11. The summed E-state index contributed by atoms with van der Waals surface area (Å²) in [5.74, 6) is 3.19. The SMILES string of the molecule is Cl.NNc1ccccc1CNC(=O)C(F)(F)F. The Morgan fingerprint density at radius 3 is 2.41 bits per heavy atom. The highest BCUT2D eigenvalue weighted by Gasteiger charge is 2.38. The van der Waals surface area contributed by atoms with E-state index in [1.807, 2.05) is 0 Å². The number of hydrogen-bond acceptors (Lipinski definition) is 3. The van der Waals surface area contributed by atoms with E-state index in [9.17, 15) is 18.0 Å². The second-order valence-corrected chi connectivity index (χ2v) is 2.98. The number of halogens is 4. The van der Waals surface area contributed by atoms with Crippen LogP contribution in [0.1, 0.15) is 5.56 Å². The highest BCUT2D eigenvalue weighted by Crippen LogP contribution is 2.16. The standard InChI is InChI=1S/C9H10F3N3O.ClH/c10-9(11,12)8(16)14-5-6-3-1-2-4-7(6)15-13;/h1-4,15H,5,13H2,(H,14,16);1H. The second kappa shape index (κ2) is 6.31. The van der Waals surface area contributed by atoms with Crippen molar-refractivity contribution in [3.63, 3.8) is 0 Å². The van der Waals surface area contributed by atoms with Crippen LogP contribution in [0.25, 0.3) is 0 Å². The molecule has 4 nitrogen and oxygen atoms in total. The van der Waals surface area contributed by atoms with Gasteiger partial charge in [0.15, 0.2) is 0 Å². The minimum Gasteiger partial charge on any atom is -0.344 e. The number of hydrazine groups is 1. The number of benzene rings is 1. The number of carbonyl (C=O) groups is 1. The fraction of sp³-hybridized carbons (Fsp3) is 0.222. The Bertz CT molecular complexity index is 384. The molecular weight excluding hydrogens is 259 g/mol. The average molecular weight is 270 g/mol. The molecule has 0 aliphatic rings. The fourth-order valence-corrected chi connectivity index (χ4v) is 1.09. The Labute approximate surface area is 102 Å². The van der Waals surface area contributed by atoms with E-state index < -0.39 is 12.1 Å². The third-order valence-electron chi connectivity index (χ3n) is 1.87.